The second-order valence-corrected chi connectivity index (χ2v) is 4.99. The van der Waals surface area contributed by atoms with Crippen LogP contribution in [0.2, 0.25) is 0 Å². The van der Waals surface area contributed by atoms with Crippen LogP contribution in [-0.2, 0) is 4.79 Å². The molecule has 2 rings (SSSR count). The molecule has 0 saturated carbocycles. The van der Waals surface area contributed by atoms with Gasteiger partial charge in [-0.1, -0.05) is 13.0 Å². The smallest absolute Gasteiger partial charge is 0.306 e. The van der Waals surface area contributed by atoms with E-state index in [9.17, 15) is 4.79 Å². The van der Waals surface area contributed by atoms with E-state index < -0.39 is 5.97 Å². The van der Waals surface area contributed by atoms with E-state index >= 15 is 0 Å². The van der Waals surface area contributed by atoms with Gasteiger partial charge in [0.1, 0.15) is 0 Å². The summed E-state index contributed by atoms with van der Waals surface area (Å²) in [7, 11) is 0. The Balaban J connectivity index is 2.12. The first-order valence-electron chi connectivity index (χ1n) is 6.38. The number of aliphatic carboxylic acids is 1. The Labute approximate surface area is 97.1 Å². The Kier molecular flexibility index (Phi) is 3.52. The third-order valence-corrected chi connectivity index (χ3v) is 3.92. The Morgan fingerprint density at radius 3 is 2.75 bits per heavy atom. The van der Waals surface area contributed by atoms with Crippen molar-refractivity contribution in [3.8, 4) is 0 Å². The summed E-state index contributed by atoms with van der Waals surface area (Å²) in [5, 5.41) is 9.15. The SMILES string of the molecule is CC(C(=O)O)C1CCCC=C1N1CCCC1. The number of carboxylic acids is 1. The Morgan fingerprint density at radius 2 is 2.12 bits per heavy atom. The van der Waals surface area contributed by atoms with Gasteiger partial charge in [0.2, 0.25) is 0 Å². The normalized spacial score (nSPS) is 27.7. The van der Waals surface area contributed by atoms with Crippen LogP contribution in [-0.4, -0.2) is 29.1 Å². The van der Waals surface area contributed by atoms with E-state index in [-0.39, 0.29) is 11.8 Å². The molecule has 1 saturated heterocycles. The number of hydrogen-bond acceptors (Lipinski definition) is 2. The fourth-order valence-corrected chi connectivity index (χ4v) is 2.90. The molecule has 1 N–H and O–H groups in total. The maximum Gasteiger partial charge on any atom is 0.306 e. The first kappa shape index (κ1) is 11.5. The zero-order valence-electron chi connectivity index (χ0n) is 9.98. The van der Waals surface area contributed by atoms with Crippen molar-refractivity contribution in [1.82, 2.24) is 4.90 Å². The summed E-state index contributed by atoms with van der Waals surface area (Å²) in [6.45, 7) is 4.09. The van der Waals surface area contributed by atoms with E-state index in [1.807, 2.05) is 6.92 Å². The van der Waals surface area contributed by atoms with E-state index in [0.29, 0.717) is 0 Å². The van der Waals surface area contributed by atoms with Gasteiger partial charge >= 0.3 is 5.97 Å². The Hall–Kier alpha value is -0.990. The molecular weight excluding hydrogens is 202 g/mol. The van der Waals surface area contributed by atoms with E-state index in [4.69, 9.17) is 5.11 Å². The van der Waals surface area contributed by atoms with Crippen molar-refractivity contribution in [3.63, 3.8) is 0 Å². The van der Waals surface area contributed by atoms with Crippen LogP contribution < -0.4 is 0 Å². The highest BCUT2D eigenvalue weighted by atomic mass is 16.4. The van der Waals surface area contributed by atoms with Crippen molar-refractivity contribution >= 4 is 5.97 Å². The molecule has 2 atom stereocenters. The van der Waals surface area contributed by atoms with Crippen LogP contribution in [0, 0.1) is 11.8 Å². The van der Waals surface area contributed by atoms with Gasteiger partial charge < -0.3 is 10.0 Å². The van der Waals surface area contributed by atoms with Crippen molar-refractivity contribution in [3.05, 3.63) is 11.8 Å². The third kappa shape index (κ3) is 2.23. The van der Waals surface area contributed by atoms with E-state index in [2.05, 4.69) is 11.0 Å². The summed E-state index contributed by atoms with van der Waals surface area (Å²) in [5.41, 5.74) is 1.32. The topological polar surface area (TPSA) is 40.5 Å². The number of hydrogen-bond donors (Lipinski definition) is 1. The van der Waals surface area contributed by atoms with Crippen molar-refractivity contribution in [2.24, 2.45) is 11.8 Å². The highest BCUT2D eigenvalue weighted by Gasteiger charge is 2.31. The quantitative estimate of drug-likeness (QED) is 0.799. The van der Waals surface area contributed by atoms with Gasteiger partial charge in [-0.2, -0.15) is 0 Å². The highest BCUT2D eigenvalue weighted by Crippen LogP contribution is 2.34. The van der Waals surface area contributed by atoms with Crippen molar-refractivity contribution < 1.29 is 9.90 Å². The molecule has 1 heterocycles. The summed E-state index contributed by atoms with van der Waals surface area (Å²) >= 11 is 0. The number of carbonyl (C=O) groups is 1. The standard InChI is InChI=1S/C13H21NO2/c1-10(13(15)16)11-6-2-3-7-12(11)14-8-4-5-9-14/h7,10-11H,2-6,8-9H2,1H3,(H,15,16). The minimum Gasteiger partial charge on any atom is -0.481 e. The molecule has 0 aromatic heterocycles. The average Bonchev–Trinajstić information content (AvgIpc) is 2.81. The highest BCUT2D eigenvalue weighted by molar-refractivity contribution is 5.70. The fourth-order valence-electron chi connectivity index (χ4n) is 2.90. The van der Waals surface area contributed by atoms with E-state index in [0.717, 1.165) is 32.4 Å². The lowest BCUT2D eigenvalue weighted by Gasteiger charge is -2.34. The molecule has 0 aromatic carbocycles. The Morgan fingerprint density at radius 1 is 1.44 bits per heavy atom. The molecule has 0 spiro atoms. The molecular formula is C13H21NO2. The molecule has 3 nitrogen and oxygen atoms in total. The molecule has 1 aliphatic heterocycles. The molecule has 90 valence electrons. The van der Waals surface area contributed by atoms with Crippen molar-refractivity contribution in [1.29, 1.82) is 0 Å². The van der Waals surface area contributed by atoms with Gasteiger partial charge in [-0.15, -0.1) is 0 Å². The van der Waals surface area contributed by atoms with Gasteiger partial charge in [0.05, 0.1) is 5.92 Å². The first-order chi connectivity index (χ1) is 7.70. The number of nitrogens with zero attached hydrogens (tertiary/aromatic N) is 1. The average molecular weight is 223 g/mol. The first-order valence-corrected chi connectivity index (χ1v) is 6.38. The summed E-state index contributed by atoms with van der Waals surface area (Å²) in [5.74, 6) is -0.659. The zero-order chi connectivity index (χ0) is 11.5. The minimum absolute atomic E-state index is 0.240. The van der Waals surface area contributed by atoms with Crippen LogP contribution in [0.25, 0.3) is 0 Å². The largest absolute Gasteiger partial charge is 0.481 e. The number of allylic oxidation sites excluding steroid dienone is 2. The summed E-state index contributed by atoms with van der Waals surface area (Å²) in [4.78, 5) is 13.5. The maximum absolute atomic E-state index is 11.1. The maximum atomic E-state index is 11.1. The third-order valence-electron chi connectivity index (χ3n) is 3.92. The van der Waals surface area contributed by atoms with Crippen molar-refractivity contribution in [2.75, 3.05) is 13.1 Å². The minimum atomic E-state index is -0.656. The second kappa shape index (κ2) is 4.89. The molecule has 1 aliphatic carbocycles. The molecule has 1 fully saturated rings. The molecule has 3 heteroatoms. The second-order valence-electron chi connectivity index (χ2n) is 4.99. The zero-order valence-corrected chi connectivity index (χ0v) is 9.98. The van der Waals surface area contributed by atoms with Gasteiger partial charge in [-0.25, -0.2) is 0 Å². The van der Waals surface area contributed by atoms with Gasteiger partial charge in [-0.05, 0) is 32.1 Å². The number of likely N-dealkylation sites (tertiary alicyclic amines) is 1. The molecule has 0 radical (unpaired) electrons. The predicted molar refractivity (Wildman–Crippen MR) is 63.0 cm³/mol. The molecule has 2 aliphatic rings. The van der Waals surface area contributed by atoms with Gasteiger partial charge in [0.25, 0.3) is 0 Å². The van der Waals surface area contributed by atoms with Gasteiger partial charge in [-0.3, -0.25) is 4.79 Å². The monoisotopic (exact) mass is 223 g/mol. The molecule has 2 unspecified atom stereocenters. The Bertz CT molecular complexity index is 292. The van der Waals surface area contributed by atoms with E-state index in [1.54, 1.807) is 0 Å². The van der Waals surface area contributed by atoms with Crippen LogP contribution >= 0.6 is 0 Å². The lowest BCUT2D eigenvalue weighted by molar-refractivity contribution is -0.142. The van der Waals surface area contributed by atoms with Gasteiger partial charge in [0.15, 0.2) is 0 Å². The van der Waals surface area contributed by atoms with Crippen LogP contribution in [0.3, 0.4) is 0 Å². The lowest BCUT2D eigenvalue weighted by atomic mass is 9.82. The summed E-state index contributed by atoms with van der Waals surface area (Å²) < 4.78 is 0. The molecule has 16 heavy (non-hydrogen) atoms. The number of rotatable bonds is 3. The number of carboxylic acid groups (broad SMARTS) is 1. The molecule has 0 amide bonds. The van der Waals surface area contributed by atoms with Gasteiger partial charge in [0, 0.05) is 24.7 Å². The summed E-state index contributed by atoms with van der Waals surface area (Å²) in [6.07, 6.45) is 8.08. The van der Waals surface area contributed by atoms with Crippen LogP contribution in [0.1, 0.15) is 39.0 Å². The summed E-state index contributed by atoms with van der Waals surface area (Å²) in [6, 6.07) is 0. The fraction of sp³-hybridized carbons (Fsp3) is 0.769. The predicted octanol–water partition coefficient (Wildman–Crippen LogP) is 2.49. The van der Waals surface area contributed by atoms with Crippen molar-refractivity contribution in [2.45, 2.75) is 39.0 Å². The van der Waals surface area contributed by atoms with E-state index in [1.165, 1.54) is 18.5 Å². The van der Waals surface area contributed by atoms with Crippen LogP contribution in [0.15, 0.2) is 11.8 Å². The molecule has 0 bridgehead atoms. The van der Waals surface area contributed by atoms with Crippen LogP contribution in [0.5, 0.6) is 0 Å². The molecule has 0 aromatic rings. The lowest BCUT2D eigenvalue weighted by Crippen LogP contribution is -2.32. The van der Waals surface area contributed by atoms with Crippen LogP contribution in [0.4, 0.5) is 0 Å².